The number of piperidine rings is 1. The molecule has 2 unspecified atom stereocenters. The van der Waals surface area contributed by atoms with E-state index in [4.69, 9.17) is 4.74 Å². The van der Waals surface area contributed by atoms with Crippen LogP contribution in [0.2, 0.25) is 0 Å². The number of amides is 1. The molecule has 2 aliphatic heterocycles. The minimum atomic E-state index is -0.00328. The van der Waals surface area contributed by atoms with Crippen molar-refractivity contribution in [2.75, 3.05) is 0 Å². The Kier molecular flexibility index (Phi) is 4.70. The number of fused-ring (bicyclic) bond motifs is 2. The highest BCUT2D eigenvalue weighted by Crippen LogP contribution is 2.27. The highest BCUT2D eigenvalue weighted by Gasteiger charge is 2.34. The Morgan fingerprint density at radius 1 is 1.04 bits per heavy atom. The predicted molar refractivity (Wildman–Crippen MR) is 97.6 cm³/mol. The van der Waals surface area contributed by atoms with Gasteiger partial charge in [-0.15, -0.1) is 0 Å². The fraction of sp³-hybridized carbons (Fsp3) is 0.381. The molecule has 0 spiro atoms. The van der Waals surface area contributed by atoms with E-state index in [2.05, 4.69) is 10.6 Å². The van der Waals surface area contributed by atoms with Crippen molar-refractivity contribution in [2.24, 2.45) is 0 Å². The van der Waals surface area contributed by atoms with Crippen LogP contribution in [-0.4, -0.2) is 24.0 Å². The third-order valence-electron chi connectivity index (χ3n) is 5.15. The molecule has 2 aromatic rings. The van der Waals surface area contributed by atoms with Gasteiger partial charge in [-0.25, -0.2) is 0 Å². The van der Waals surface area contributed by atoms with Crippen LogP contribution in [0.3, 0.4) is 0 Å². The van der Waals surface area contributed by atoms with Gasteiger partial charge in [-0.05, 0) is 49.4 Å². The number of carbonyl (C=O) groups is 1. The van der Waals surface area contributed by atoms with Gasteiger partial charge in [-0.1, -0.05) is 36.4 Å². The molecule has 2 N–H and O–H groups in total. The number of rotatable bonds is 5. The van der Waals surface area contributed by atoms with E-state index < -0.39 is 0 Å². The molecule has 2 bridgehead atoms. The molecule has 2 aliphatic rings. The third kappa shape index (κ3) is 4.02. The molecule has 2 saturated heterocycles. The summed E-state index contributed by atoms with van der Waals surface area (Å²) in [6.45, 7) is 0.504. The molecule has 2 aromatic carbocycles. The number of nitrogens with one attached hydrogen (secondary N) is 2. The Morgan fingerprint density at radius 2 is 1.80 bits per heavy atom. The van der Waals surface area contributed by atoms with Gasteiger partial charge in [0.05, 0.1) is 0 Å². The van der Waals surface area contributed by atoms with Gasteiger partial charge >= 0.3 is 0 Å². The Hall–Kier alpha value is -2.33. The molecule has 4 heteroatoms. The molecule has 0 aromatic heterocycles. The molecular weight excluding hydrogens is 312 g/mol. The first-order valence-electron chi connectivity index (χ1n) is 9.10. The van der Waals surface area contributed by atoms with E-state index in [0.717, 1.165) is 24.2 Å². The molecule has 0 aliphatic carbocycles. The Balaban J connectivity index is 1.36. The van der Waals surface area contributed by atoms with Gasteiger partial charge < -0.3 is 15.4 Å². The van der Waals surface area contributed by atoms with Crippen molar-refractivity contribution in [3.8, 4) is 5.75 Å². The molecule has 2 fully saturated rings. The van der Waals surface area contributed by atoms with E-state index in [9.17, 15) is 4.79 Å². The number of benzene rings is 2. The van der Waals surface area contributed by atoms with Crippen molar-refractivity contribution < 1.29 is 9.53 Å². The number of hydrogen-bond acceptors (Lipinski definition) is 3. The zero-order chi connectivity index (χ0) is 17.1. The number of hydrogen-bond donors (Lipinski definition) is 2. The summed E-state index contributed by atoms with van der Waals surface area (Å²) in [5.74, 6) is 0.721. The summed E-state index contributed by atoms with van der Waals surface area (Å²) in [4.78, 5) is 12.6. The maximum absolute atomic E-state index is 12.6. The van der Waals surface area contributed by atoms with Gasteiger partial charge in [-0.3, -0.25) is 4.79 Å². The zero-order valence-corrected chi connectivity index (χ0v) is 14.3. The topological polar surface area (TPSA) is 50.4 Å². The molecule has 4 rings (SSSR count). The smallest absolute Gasteiger partial charge is 0.251 e. The van der Waals surface area contributed by atoms with Gasteiger partial charge in [0.1, 0.15) is 12.4 Å². The Labute approximate surface area is 148 Å². The molecule has 2 atom stereocenters. The average Bonchev–Trinajstić information content (AvgIpc) is 2.99. The normalized spacial score (nSPS) is 24.7. The lowest BCUT2D eigenvalue weighted by Gasteiger charge is -2.29. The van der Waals surface area contributed by atoms with Gasteiger partial charge in [0.2, 0.25) is 0 Å². The fourth-order valence-electron chi connectivity index (χ4n) is 3.91. The van der Waals surface area contributed by atoms with E-state index in [1.807, 2.05) is 54.6 Å². The minimum absolute atomic E-state index is 0.00328. The molecular formula is C21H24N2O2. The number of ether oxygens (including phenoxy) is 1. The monoisotopic (exact) mass is 336 g/mol. The van der Waals surface area contributed by atoms with Crippen molar-refractivity contribution in [3.05, 3.63) is 65.7 Å². The minimum Gasteiger partial charge on any atom is -0.489 e. The lowest BCUT2D eigenvalue weighted by atomic mass is 9.99. The highest BCUT2D eigenvalue weighted by molar-refractivity contribution is 5.94. The van der Waals surface area contributed by atoms with Crippen LogP contribution in [0.1, 0.15) is 41.6 Å². The summed E-state index contributed by atoms with van der Waals surface area (Å²) >= 11 is 0. The maximum atomic E-state index is 12.6. The first-order chi connectivity index (χ1) is 12.3. The lowest BCUT2D eigenvalue weighted by Crippen LogP contribution is -2.48. The summed E-state index contributed by atoms with van der Waals surface area (Å²) in [5, 5.41) is 6.81. The van der Waals surface area contributed by atoms with Gasteiger partial charge in [-0.2, -0.15) is 0 Å². The largest absolute Gasteiger partial charge is 0.489 e. The van der Waals surface area contributed by atoms with Gasteiger partial charge in [0, 0.05) is 23.7 Å². The molecule has 1 amide bonds. The van der Waals surface area contributed by atoms with Crippen molar-refractivity contribution in [1.82, 2.24) is 10.6 Å². The third-order valence-corrected chi connectivity index (χ3v) is 5.15. The zero-order valence-electron chi connectivity index (χ0n) is 14.3. The van der Waals surface area contributed by atoms with E-state index in [0.29, 0.717) is 24.3 Å². The van der Waals surface area contributed by atoms with E-state index >= 15 is 0 Å². The van der Waals surface area contributed by atoms with Crippen LogP contribution < -0.4 is 15.4 Å². The summed E-state index contributed by atoms with van der Waals surface area (Å²) in [5.41, 5.74) is 1.78. The van der Waals surface area contributed by atoms with Crippen LogP contribution >= 0.6 is 0 Å². The van der Waals surface area contributed by atoms with Gasteiger partial charge in [0.15, 0.2) is 0 Å². The summed E-state index contributed by atoms with van der Waals surface area (Å²) < 4.78 is 5.83. The average molecular weight is 336 g/mol. The second-order valence-corrected chi connectivity index (χ2v) is 7.08. The standard InChI is InChI=1S/C21H24N2O2/c24-21(23-19-12-17-9-10-18(13-19)22-17)16-7-4-8-20(11-16)25-14-15-5-2-1-3-6-15/h1-8,11,17-19,22H,9-10,12-14H2,(H,23,24). The van der Waals surface area contributed by atoms with E-state index in [1.54, 1.807) is 0 Å². The quantitative estimate of drug-likeness (QED) is 0.881. The molecule has 2 heterocycles. The molecule has 25 heavy (non-hydrogen) atoms. The Morgan fingerprint density at radius 3 is 2.56 bits per heavy atom. The molecule has 0 radical (unpaired) electrons. The van der Waals surface area contributed by atoms with E-state index in [1.165, 1.54) is 12.8 Å². The predicted octanol–water partition coefficient (Wildman–Crippen LogP) is 3.28. The first kappa shape index (κ1) is 16.2. The van der Waals surface area contributed by atoms with Gasteiger partial charge in [0.25, 0.3) is 5.91 Å². The lowest BCUT2D eigenvalue weighted by molar-refractivity contribution is 0.0923. The van der Waals surface area contributed by atoms with Crippen molar-refractivity contribution in [1.29, 1.82) is 0 Å². The second-order valence-electron chi connectivity index (χ2n) is 7.08. The molecule has 4 nitrogen and oxygen atoms in total. The van der Waals surface area contributed by atoms with E-state index in [-0.39, 0.29) is 11.9 Å². The maximum Gasteiger partial charge on any atom is 0.251 e. The van der Waals surface area contributed by atoms with Crippen LogP contribution in [0.15, 0.2) is 54.6 Å². The second kappa shape index (κ2) is 7.28. The highest BCUT2D eigenvalue weighted by atomic mass is 16.5. The summed E-state index contributed by atoms with van der Waals surface area (Å²) in [6, 6.07) is 18.9. The van der Waals surface area contributed by atoms with Crippen LogP contribution in [-0.2, 0) is 6.61 Å². The SMILES string of the molecule is O=C(NC1CC2CCC(C1)N2)c1cccc(OCc2ccccc2)c1. The summed E-state index contributed by atoms with van der Waals surface area (Å²) in [6.07, 6.45) is 4.54. The van der Waals surface area contributed by atoms with Crippen molar-refractivity contribution in [2.45, 2.75) is 50.4 Å². The van der Waals surface area contributed by atoms with Crippen LogP contribution in [0, 0.1) is 0 Å². The van der Waals surface area contributed by atoms with Crippen molar-refractivity contribution >= 4 is 5.91 Å². The first-order valence-corrected chi connectivity index (χ1v) is 9.10. The van der Waals surface area contributed by atoms with Crippen LogP contribution in [0.4, 0.5) is 0 Å². The van der Waals surface area contributed by atoms with Crippen LogP contribution in [0.5, 0.6) is 5.75 Å². The molecule has 0 saturated carbocycles. The van der Waals surface area contributed by atoms with Crippen LogP contribution in [0.25, 0.3) is 0 Å². The molecule has 130 valence electrons. The van der Waals surface area contributed by atoms with Crippen molar-refractivity contribution in [3.63, 3.8) is 0 Å². The summed E-state index contributed by atoms with van der Waals surface area (Å²) in [7, 11) is 0. The number of carbonyl (C=O) groups excluding carboxylic acids is 1. The fourth-order valence-corrected chi connectivity index (χ4v) is 3.91. The Bertz CT molecular complexity index is 720.